The number of hydrogen-bond donors (Lipinski definition) is 0. The molecule has 0 saturated carbocycles. The van der Waals surface area contributed by atoms with Crippen molar-refractivity contribution in [2.24, 2.45) is 5.92 Å². The molecular formula is C14H18N2OS2. The average molecular weight is 294 g/mol. The van der Waals surface area contributed by atoms with Gasteiger partial charge in [0, 0.05) is 4.88 Å². The lowest BCUT2D eigenvalue weighted by atomic mass is 10.2. The number of fused-ring (bicyclic) bond motifs is 3. The quantitative estimate of drug-likeness (QED) is 0.632. The van der Waals surface area contributed by atoms with Crippen molar-refractivity contribution in [2.75, 3.05) is 12.9 Å². The second kappa shape index (κ2) is 5.29. The van der Waals surface area contributed by atoms with Gasteiger partial charge in [-0.3, -0.25) is 0 Å². The molecule has 0 aromatic carbocycles. The van der Waals surface area contributed by atoms with Crippen LogP contribution in [0.1, 0.15) is 30.7 Å². The fourth-order valence-electron chi connectivity index (χ4n) is 2.39. The highest BCUT2D eigenvalue weighted by molar-refractivity contribution is 7.98. The maximum absolute atomic E-state index is 5.95. The summed E-state index contributed by atoms with van der Waals surface area (Å²) in [6, 6.07) is 0. The summed E-state index contributed by atoms with van der Waals surface area (Å²) >= 11 is 3.40. The summed E-state index contributed by atoms with van der Waals surface area (Å²) in [5, 5.41) is 1.99. The molecule has 19 heavy (non-hydrogen) atoms. The lowest BCUT2D eigenvalue weighted by Crippen LogP contribution is -2.07. The van der Waals surface area contributed by atoms with Gasteiger partial charge in [-0.05, 0) is 37.0 Å². The van der Waals surface area contributed by atoms with E-state index in [1.807, 2.05) is 17.6 Å². The maximum Gasteiger partial charge on any atom is 0.226 e. The van der Waals surface area contributed by atoms with E-state index in [1.54, 1.807) is 11.8 Å². The third kappa shape index (κ3) is 2.46. The Hall–Kier alpha value is -0.810. The molecule has 0 saturated heterocycles. The van der Waals surface area contributed by atoms with Crippen LogP contribution < -0.4 is 4.74 Å². The minimum absolute atomic E-state index is 0.509. The molecule has 5 heteroatoms. The SMILES string of the molecule is CSc1nc(OCC(C)C)c2c3c(sc2n1)CCC3. The molecule has 0 radical (unpaired) electrons. The Morgan fingerprint density at radius 3 is 2.89 bits per heavy atom. The van der Waals surface area contributed by atoms with Crippen LogP contribution in [0.4, 0.5) is 0 Å². The number of rotatable bonds is 4. The molecule has 0 unspecified atom stereocenters. The first-order valence-electron chi connectivity index (χ1n) is 6.68. The molecule has 0 atom stereocenters. The number of thioether (sulfide) groups is 1. The van der Waals surface area contributed by atoms with E-state index < -0.39 is 0 Å². The lowest BCUT2D eigenvalue weighted by molar-refractivity contribution is 0.262. The van der Waals surface area contributed by atoms with Gasteiger partial charge in [0.1, 0.15) is 4.83 Å². The van der Waals surface area contributed by atoms with Gasteiger partial charge in [0.05, 0.1) is 12.0 Å². The Morgan fingerprint density at radius 2 is 2.16 bits per heavy atom. The van der Waals surface area contributed by atoms with E-state index in [0.717, 1.165) is 22.3 Å². The number of aromatic nitrogens is 2. The molecule has 3 rings (SSSR count). The third-order valence-corrected chi connectivity index (χ3v) is 4.98. The molecule has 0 aliphatic heterocycles. The minimum atomic E-state index is 0.509. The predicted octanol–water partition coefficient (Wildman–Crippen LogP) is 3.94. The van der Waals surface area contributed by atoms with Crippen LogP contribution in [-0.4, -0.2) is 22.8 Å². The van der Waals surface area contributed by atoms with Crippen molar-refractivity contribution in [3.05, 3.63) is 10.4 Å². The lowest BCUT2D eigenvalue weighted by Gasteiger charge is -2.10. The first kappa shape index (κ1) is 13.2. The molecule has 2 aromatic rings. The zero-order chi connectivity index (χ0) is 13.4. The maximum atomic E-state index is 5.95. The summed E-state index contributed by atoms with van der Waals surface area (Å²) in [6.07, 6.45) is 5.60. The fourth-order valence-corrected chi connectivity index (χ4v) is 4.05. The van der Waals surface area contributed by atoms with Crippen molar-refractivity contribution in [1.82, 2.24) is 9.97 Å². The van der Waals surface area contributed by atoms with E-state index in [9.17, 15) is 0 Å². The Morgan fingerprint density at radius 1 is 1.32 bits per heavy atom. The van der Waals surface area contributed by atoms with Gasteiger partial charge in [-0.1, -0.05) is 25.6 Å². The van der Waals surface area contributed by atoms with Crippen LogP contribution in [0.5, 0.6) is 5.88 Å². The zero-order valence-electron chi connectivity index (χ0n) is 11.5. The number of thiophene rings is 1. The molecule has 0 fully saturated rings. The Balaban J connectivity index is 2.10. The van der Waals surface area contributed by atoms with Crippen molar-refractivity contribution in [3.8, 4) is 5.88 Å². The molecule has 102 valence electrons. The second-order valence-corrected chi connectivity index (χ2v) is 7.11. The fraction of sp³-hybridized carbons (Fsp3) is 0.571. The molecule has 0 bridgehead atoms. The molecule has 2 aromatic heterocycles. The van der Waals surface area contributed by atoms with Crippen molar-refractivity contribution in [2.45, 2.75) is 38.3 Å². The highest BCUT2D eigenvalue weighted by Gasteiger charge is 2.23. The molecule has 1 aliphatic carbocycles. The van der Waals surface area contributed by atoms with Crippen molar-refractivity contribution >= 4 is 33.3 Å². The minimum Gasteiger partial charge on any atom is -0.477 e. The average Bonchev–Trinajstić information content (AvgIpc) is 2.95. The number of hydrogen-bond acceptors (Lipinski definition) is 5. The first-order valence-corrected chi connectivity index (χ1v) is 8.72. The summed E-state index contributed by atoms with van der Waals surface area (Å²) in [7, 11) is 0. The Bertz CT molecular complexity index is 607. The van der Waals surface area contributed by atoms with Crippen molar-refractivity contribution in [3.63, 3.8) is 0 Å². The van der Waals surface area contributed by atoms with Gasteiger partial charge in [-0.2, -0.15) is 4.98 Å². The summed E-state index contributed by atoms with van der Waals surface area (Å²) < 4.78 is 5.95. The van der Waals surface area contributed by atoms with Crippen molar-refractivity contribution < 1.29 is 4.74 Å². The number of nitrogens with zero attached hydrogens (tertiary/aromatic N) is 2. The van der Waals surface area contributed by atoms with Crippen LogP contribution in [0.15, 0.2) is 5.16 Å². The highest BCUT2D eigenvalue weighted by Crippen LogP contribution is 2.41. The molecule has 1 aliphatic rings. The van der Waals surface area contributed by atoms with Crippen LogP contribution in [-0.2, 0) is 12.8 Å². The van der Waals surface area contributed by atoms with Gasteiger partial charge in [-0.15, -0.1) is 11.3 Å². The Kier molecular flexibility index (Phi) is 3.67. The van der Waals surface area contributed by atoms with E-state index in [2.05, 4.69) is 23.8 Å². The first-order chi connectivity index (χ1) is 9.19. The van der Waals surface area contributed by atoms with Crippen LogP contribution in [0.25, 0.3) is 10.2 Å². The van der Waals surface area contributed by atoms with Gasteiger partial charge in [0.2, 0.25) is 5.88 Å². The molecule has 0 amide bonds. The third-order valence-electron chi connectivity index (χ3n) is 3.25. The normalized spacial score (nSPS) is 14.3. The van der Waals surface area contributed by atoms with E-state index in [4.69, 9.17) is 4.74 Å². The zero-order valence-corrected chi connectivity index (χ0v) is 13.2. The van der Waals surface area contributed by atoms with E-state index >= 15 is 0 Å². The van der Waals surface area contributed by atoms with Crippen LogP contribution in [0, 0.1) is 5.92 Å². The van der Waals surface area contributed by atoms with E-state index in [0.29, 0.717) is 12.5 Å². The predicted molar refractivity (Wildman–Crippen MR) is 81.6 cm³/mol. The second-order valence-electron chi connectivity index (χ2n) is 5.26. The van der Waals surface area contributed by atoms with E-state index in [1.165, 1.54) is 28.7 Å². The molecular weight excluding hydrogens is 276 g/mol. The molecule has 0 spiro atoms. The van der Waals surface area contributed by atoms with Gasteiger partial charge in [0.25, 0.3) is 0 Å². The molecule has 2 heterocycles. The van der Waals surface area contributed by atoms with Crippen molar-refractivity contribution in [1.29, 1.82) is 0 Å². The van der Waals surface area contributed by atoms with Gasteiger partial charge < -0.3 is 4.74 Å². The van der Waals surface area contributed by atoms with Gasteiger partial charge in [-0.25, -0.2) is 4.98 Å². The summed E-state index contributed by atoms with van der Waals surface area (Å²) in [5.41, 5.74) is 1.44. The summed E-state index contributed by atoms with van der Waals surface area (Å²) in [5.74, 6) is 1.30. The molecule has 0 N–H and O–H groups in total. The monoisotopic (exact) mass is 294 g/mol. The topological polar surface area (TPSA) is 35.0 Å². The summed E-state index contributed by atoms with van der Waals surface area (Å²) in [4.78, 5) is 11.8. The largest absolute Gasteiger partial charge is 0.477 e. The number of ether oxygens (including phenoxy) is 1. The molecule has 3 nitrogen and oxygen atoms in total. The summed E-state index contributed by atoms with van der Waals surface area (Å²) in [6.45, 7) is 5.03. The van der Waals surface area contributed by atoms with Crippen LogP contribution in [0.2, 0.25) is 0 Å². The smallest absolute Gasteiger partial charge is 0.226 e. The highest BCUT2D eigenvalue weighted by atomic mass is 32.2. The van der Waals surface area contributed by atoms with Gasteiger partial charge in [0.15, 0.2) is 5.16 Å². The van der Waals surface area contributed by atoms with Gasteiger partial charge >= 0.3 is 0 Å². The standard InChI is InChI=1S/C14H18N2OS2/c1-8(2)7-17-12-11-9-5-4-6-10(9)19-13(11)16-14(15-12)18-3/h8H,4-7H2,1-3H3. The van der Waals surface area contributed by atoms with E-state index in [-0.39, 0.29) is 0 Å². The van der Waals surface area contributed by atoms with Crippen LogP contribution >= 0.6 is 23.1 Å². The number of aryl methyl sites for hydroxylation is 2. The Labute approximate surface area is 121 Å². The van der Waals surface area contributed by atoms with Crippen LogP contribution in [0.3, 0.4) is 0 Å².